The minimum Gasteiger partial charge on any atom is -0.479 e. The zero-order chi connectivity index (χ0) is 14.9. The van der Waals surface area contributed by atoms with Crippen molar-refractivity contribution >= 4 is 11.9 Å². The van der Waals surface area contributed by atoms with Gasteiger partial charge in [0.2, 0.25) is 0 Å². The summed E-state index contributed by atoms with van der Waals surface area (Å²) in [5, 5.41) is 8.88. The van der Waals surface area contributed by atoms with Crippen LogP contribution < -0.4 is 0 Å². The van der Waals surface area contributed by atoms with E-state index in [1.54, 1.807) is 0 Å². The zero-order valence-corrected chi connectivity index (χ0v) is 12.7. The van der Waals surface area contributed by atoms with Crippen molar-refractivity contribution in [3.63, 3.8) is 0 Å². The number of rotatable bonds is 9. The molecule has 0 fully saturated rings. The Balaban J connectivity index is 3.61. The third-order valence-electron chi connectivity index (χ3n) is 2.98. The van der Waals surface area contributed by atoms with E-state index in [-0.39, 0.29) is 0 Å². The van der Waals surface area contributed by atoms with E-state index in [2.05, 4.69) is 20.8 Å². The summed E-state index contributed by atoms with van der Waals surface area (Å²) < 4.78 is 4.75. The second kappa shape index (κ2) is 8.94. The van der Waals surface area contributed by atoms with Crippen LogP contribution in [0.2, 0.25) is 0 Å². The molecule has 1 N–H and O–H groups in total. The van der Waals surface area contributed by atoms with Crippen molar-refractivity contribution in [2.75, 3.05) is 0 Å². The fourth-order valence-electron chi connectivity index (χ4n) is 1.95. The molecule has 0 spiro atoms. The number of hydrogen-bond donors (Lipinski definition) is 1. The Morgan fingerprint density at radius 1 is 1.05 bits per heavy atom. The van der Waals surface area contributed by atoms with Crippen molar-refractivity contribution in [1.29, 1.82) is 0 Å². The Labute approximate surface area is 116 Å². The van der Waals surface area contributed by atoms with Gasteiger partial charge in [0.15, 0.2) is 6.10 Å². The lowest BCUT2D eigenvalue weighted by Gasteiger charge is -2.17. The van der Waals surface area contributed by atoms with Crippen LogP contribution in [-0.2, 0) is 14.3 Å². The predicted octanol–water partition coefficient (Wildman–Crippen LogP) is 3.78. The Kier molecular flexibility index (Phi) is 8.44. The number of aliphatic carboxylic acids is 1. The number of carboxylic acid groups (broad SMARTS) is 1. The van der Waals surface area contributed by atoms with Crippen molar-refractivity contribution in [3.8, 4) is 0 Å². The summed E-state index contributed by atoms with van der Waals surface area (Å²) >= 11 is 0. The molecule has 0 radical (unpaired) electrons. The quantitative estimate of drug-likeness (QED) is 0.512. The highest BCUT2D eigenvalue weighted by molar-refractivity contribution is 5.76. The highest BCUT2D eigenvalue weighted by atomic mass is 16.6. The second-order valence-corrected chi connectivity index (χ2v) is 6.30. The van der Waals surface area contributed by atoms with E-state index >= 15 is 0 Å². The maximum atomic E-state index is 10.8. The first-order chi connectivity index (χ1) is 8.72. The van der Waals surface area contributed by atoms with Gasteiger partial charge in [0.1, 0.15) is 0 Å². The maximum Gasteiger partial charge on any atom is 0.345 e. The number of esters is 1. The summed E-state index contributed by atoms with van der Waals surface area (Å²) in [5.74, 6) is -1.58. The molecule has 0 heterocycles. The maximum absolute atomic E-state index is 10.8. The Morgan fingerprint density at radius 3 is 2.05 bits per heavy atom. The number of ether oxygens (including phenoxy) is 1. The summed E-state index contributed by atoms with van der Waals surface area (Å²) in [4.78, 5) is 21.6. The van der Waals surface area contributed by atoms with E-state index in [9.17, 15) is 9.59 Å². The smallest absolute Gasteiger partial charge is 0.345 e. The Bertz CT molecular complexity index is 278. The molecule has 19 heavy (non-hydrogen) atoms. The van der Waals surface area contributed by atoms with Gasteiger partial charge in [0.05, 0.1) is 0 Å². The third-order valence-corrected chi connectivity index (χ3v) is 2.98. The normalized spacial score (nSPS) is 13.1. The molecule has 1 atom stereocenters. The van der Waals surface area contributed by atoms with Gasteiger partial charge in [-0.25, -0.2) is 4.79 Å². The van der Waals surface area contributed by atoms with Crippen LogP contribution in [0.15, 0.2) is 0 Å². The largest absolute Gasteiger partial charge is 0.479 e. The van der Waals surface area contributed by atoms with Gasteiger partial charge >= 0.3 is 11.9 Å². The molecule has 0 rings (SSSR count). The van der Waals surface area contributed by atoms with Gasteiger partial charge in [0, 0.05) is 6.92 Å². The number of carbonyl (C=O) groups is 2. The van der Waals surface area contributed by atoms with E-state index < -0.39 is 18.0 Å². The van der Waals surface area contributed by atoms with Crippen molar-refractivity contribution in [2.24, 2.45) is 5.41 Å². The molecule has 0 aromatic carbocycles. The molecule has 0 amide bonds. The standard InChI is InChI=1S/C15H28O4/c1-12(16)19-13(14(17)18)10-8-6-5-7-9-11-15(2,3)4/h13H,5-11H2,1-4H3,(H,17,18). The van der Waals surface area contributed by atoms with Crippen LogP contribution in [0.25, 0.3) is 0 Å². The van der Waals surface area contributed by atoms with Gasteiger partial charge in [0.25, 0.3) is 0 Å². The topological polar surface area (TPSA) is 63.6 Å². The molecule has 0 aliphatic rings. The van der Waals surface area contributed by atoms with Gasteiger partial charge in [-0.2, -0.15) is 0 Å². The first-order valence-electron chi connectivity index (χ1n) is 7.12. The average Bonchev–Trinajstić information content (AvgIpc) is 2.23. The SMILES string of the molecule is CC(=O)OC(CCCCCCCC(C)(C)C)C(=O)O. The summed E-state index contributed by atoms with van der Waals surface area (Å²) in [6.45, 7) is 7.96. The van der Waals surface area contributed by atoms with Gasteiger partial charge in [-0.05, 0) is 24.7 Å². The first-order valence-corrected chi connectivity index (χ1v) is 7.12. The molecule has 1 unspecified atom stereocenters. The van der Waals surface area contributed by atoms with Gasteiger partial charge < -0.3 is 9.84 Å². The van der Waals surface area contributed by atoms with Crippen molar-refractivity contribution in [1.82, 2.24) is 0 Å². The fraction of sp³-hybridized carbons (Fsp3) is 0.867. The summed E-state index contributed by atoms with van der Waals surface area (Å²) in [6.07, 6.45) is 5.95. The summed E-state index contributed by atoms with van der Waals surface area (Å²) in [6, 6.07) is 0. The minimum atomic E-state index is -1.05. The molecular weight excluding hydrogens is 244 g/mol. The van der Waals surface area contributed by atoms with Crippen molar-refractivity contribution < 1.29 is 19.4 Å². The lowest BCUT2D eigenvalue weighted by Crippen LogP contribution is -2.25. The fourth-order valence-corrected chi connectivity index (χ4v) is 1.95. The molecule has 0 aromatic rings. The zero-order valence-electron chi connectivity index (χ0n) is 12.7. The molecule has 0 aliphatic heterocycles. The first kappa shape index (κ1) is 17.9. The minimum absolute atomic E-state index is 0.393. The van der Waals surface area contributed by atoms with E-state index in [0.29, 0.717) is 11.8 Å². The summed E-state index contributed by atoms with van der Waals surface area (Å²) in [7, 11) is 0. The molecule has 112 valence electrons. The molecular formula is C15H28O4. The van der Waals surface area contributed by atoms with Crippen LogP contribution in [0.3, 0.4) is 0 Å². The molecule has 0 bridgehead atoms. The van der Waals surface area contributed by atoms with Crippen LogP contribution in [0.5, 0.6) is 0 Å². The summed E-state index contributed by atoms with van der Waals surface area (Å²) in [5.41, 5.74) is 0.393. The monoisotopic (exact) mass is 272 g/mol. The Hall–Kier alpha value is -1.06. The van der Waals surface area contributed by atoms with Gasteiger partial charge in [-0.15, -0.1) is 0 Å². The molecule has 0 saturated heterocycles. The lowest BCUT2D eigenvalue weighted by atomic mass is 9.89. The van der Waals surface area contributed by atoms with Crippen LogP contribution in [0, 0.1) is 5.41 Å². The highest BCUT2D eigenvalue weighted by Gasteiger charge is 2.19. The van der Waals surface area contributed by atoms with Crippen molar-refractivity contribution in [2.45, 2.75) is 78.7 Å². The van der Waals surface area contributed by atoms with E-state index in [0.717, 1.165) is 19.3 Å². The number of hydrogen-bond acceptors (Lipinski definition) is 3. The van der Waals surface area contributed by atoms with Gasteiger partial charge in [-0.3, -0.25) is 4.79 Å². The number of carboxylic acids is 1. The van der Waals surface area contributed by atoms with Crippen LogP contribution in [-0.4, -0.2) is 23.1 Å². The average molecular weight is 272 g/mol. The molecule has 4 nitrogen and oxygen atoms in total. The second-order valence-electron chi connectivity index (χ2n) is 6.30. The third kappa shape index (κ3) is 11.7. The van der Waals surface area contributed by atoms with Crippen LogP contribution in [0.4, 0.5) is 0 Å². The van der Waals surface area contributed by atoms with E-state index in [4.69, 9.17) is 9.84 Å². The Morgan fingerprint density at radius 2 is 1.58 bits per heavy atom. The van der Waals surface area contributed by atoms with Crippen LogP contribution in [0.1, 0.15) is 72.6 Å². The molecule has 0 aliphatic carbocycles. The molecule has 4 heteroatoms. The number of carbonyl (C=O) groups excluding carboxylic acids is 1. The highest BCUT2D eigenvalue weighted by Crippen LogP contribution is 2.22. The lowest BCUT2D eigenvalue weighted by molar-refractivity contribution is -0.163. The predicted molar refractivity (Wildman–Crippen MR) is 75.0 cm³/mol. The van der Waals surface area contributed by atoms with Crippen LogP contribution >= 0.6 is 0 Å². The van der Waals surface area contributed by atoms with E-state index in [1.807, 2.05) is 0 Å². The molecule has 0 saturated carbocycles. The van der Waals surface area contributed by atoms with Crippen molar-refractivity contribution in [3.05, 3.63) is 0 Å². The van der Waals surface area contributed by atoms with Gasteiger partial charge in [-0.1, -0.05) is 46.5 Å². The number of unbranched alkanes of at least 4 members (excludes halogenated alkanes) is 4. The molecule has 0 aromatic heterocycles. The van der Waals surface area contributed by atoms with E-state index in [1.165, 1.54) is 26.2 Å².